The average Bonchev–Trinajstić information content (AvgIpc) is 3.29. The number of carbonyl (C=O) groups is 2. The number of ether oxygens (including phenoxy) is 1. The number of nitrogens with zero attached hydrogens (tertiary/aromatic N) is 2. The highest BCUT2D eigenvalue weighted by atomic mass is 32.1. The second kappa shape index (κ2) is 13.4. The van der Waals surface area contributed by atoms with Gasteiger partial charge in [0.15, 0.2) is 0 Å². The molecule has 0 unspecified atom stereocenters. The van der Waals surface area contributed by atoms with Crippen molar-refractivity contribution in [3.8, 4) is 0 Å². The van der Waals surface area contributed by atoms with Crippen molar-refractivity contribution in [1.82, 2.24) is 9.80 Å². The predicted octanol–water partition coefficient (Wildman–Crippen LogP) is 6.17. The minimum Gasteiger partial charge on any atom is -0.382 e. The Morgan fingerprint density at radius 1 is 0.919 bits per heavy atom. The van der Waals surface area contributed by atoms with Crippen molar-refractivity contribution in [2.45, 2.75) is 39.5 Å². The van der Waals surface area contributed by atoms with E-state index in [4.69, 9.17) is 4.74 Å². The Labute approximate surface area is 219 Å². The van der Waals surface area contributed by atoms with E-state index >= 15 is 0 Å². The Bertz CT molecular complexity index is 1150. The summed E-state index contributed by atoms with van der Waals surface area (Å²) >= 11 is 1.61. The third-order valence-electron chi connectivity index (χ3n) is 5.71. The van der Waals surface area contributed by atoms with Crippen molar-refractivity contribution < 1.29 is 27.5 Å². The maximum absolute atomic E-state index is 13.5. The molecular formula is C28H31F3N2O3S. The van der Waals surface area contributed by atoms with Gasteiger partial charge in [-0.3, -0.25) is 9.59 Å². The Balaban J connectivity index is 1.80. The third-order valence-corrected chi connectivity index (χ3v) is 6.69. The minimum atomic E-state index is -4.49. The highest BCUT2D eigenvalue weighted by Gasteiger charge is 2.31. The second-order valence-electron chi connectivity index (χ2n) is 8.60. The molecular weight excluding hydrogens is 501 g/mol. The average molecular weight is 533 g/mol. The van der Waals surface area contributed by atoms with E-state index in [1.807, 2.05) is 56.3 Å². The summed E-state index contributed by atoms with van der Waals surface area (Å²) in [6, 6.07) is 17.6. The normalized spacial score (nSPS) is 11.4. The molecule has 0 aliphatic heterocycles. The van der Waals surface area contributed by atoms with Gasteiger partial charge in [0.1, 0.15) is 6.54 Å². The van der Waals surface area contributed by atoms with Gasteiger partial charge in [0.2, 0.25) is 5.91 Å². The van der Waals surface area contributed by atoms with Gasteiger partial charge in [-0.2, -0.15) is 13.2 Å². The number of rotatable bonds is 12. The molecule has 0 spiro atoms. The Hall–Kier alpha value is -3.17. The fraction of sp³-hybridized carbons (Fsp3) is 0.357. The summed E-state index contributed by atoms with van der Waals surface area (Å²) in [5.41, 5.74) is 0.227. The van der Waals surface area contributed by atoms with E-state index in [0.717, 1.165) is 39.6 Å². The van der Waals surface area contributed by atoms with Crippen molar-refractivity contribution in [3.05, 3.63) is 93.2 Å². The molecule has 0 N–H and O–H groups in total. The van der Waals surface area contributed by atoms with Crippen LogP contribution in [0.3, 0.4) is 0 Å². The molecule has 0 aliphatic carbocycles. The van der Waals surface area contributed by atoms with E-state index in [2.05, 4.69) is 0 Å². The van der Waals surface area contributed by atoms with Crippen LogP contribution in [-0.4, -0.2) is 47.9 Å². The van der Waals surface area contributed by atoms with Gasteiger partial charge in [-0.05, 0) is 62.2 Å². The van der Waals surface area contributed by atoms with Crippen molar-refractivity contribution in [3.63, 3.8) is 0 Å². The third kappa shape index (κ3) is 8.72. The van der Waals surface area contributed by atoms with Crippen LogP contribution in [-0.2, 0) is 28.8 Å². The molecule has 0 atom stereocenters. The van der Waals surface area contributed by atoms with Crippen LogP contribution in [0.5, 0.6) is 0 Å². The van der Waals surface area contributed by atoms with Gasteiger partial charge < -0.3 is 14.5 Å². The van der Waals surface area contributed by atoms with E-state index in [1.54, 1.807) is 16.2 Å². The van der Waals surface area contributed by atoms with Gasteiger partial charge in [-0.15, -0.1) is 11.3 Å². The zero-order valence-electron chi connectivity index (χ0n) is 21.0. The largest absolute Gasteiger partial charge is 0.416 e. The maximum atomic E-state index is 13.5. The molecule has 5 nitrogen and oxygen atoms in total. The molecule has 198 valence electrons. The first kappa shape index (κ1) is 28.4. The SMILES string of the molecule is CCOCCCN(CC(=O)N(Cc1ccccc1)Cc1ccc(C)s1)C(=O)c1ccc(C(F)(F)F)cc1. The highest BCUT2D eigenvalue weighted by Crippen LogP contribution is 2.29. The van der Waals surface area contributed by atoms with Gasteiger partial charge in [0, 0.05) is 41.6 Å². The minimum absolute atomic E-state index is 0.0979. The van der Waals surface area contributed by atoms with Gasteiger partial charge in [-0.25, -0.2) is 0 Å². The smallest absolute Gasteiger partial charge is 0.382 e. The molecule has 1 heterocycles. The molecule has 0 saturated heterocycles. The molecule has 3 aromatic rings. The monoisotopic (exact) mass is 532 g/mol. The molecule has 0 aliphatic rings. The van der Waals surface area contributed by atoms with Gasteiger partial charge in [-0.1, -0.05) is 30.3 Å². The highest BCUT2D eigenvalue weighted by molar-refractivity contribution is 7.11. The van der Waals surface area contributed by atoms with Crippen molar-refractivity contribution in [1.29, 1.82) is 0 Å². The molecule has 1 aromatic heterocycles. The van der Waals surface area contributed by atoms with E-state index in [0.29, 0.717) is 32.7 Å². The van der Waals surface area contributed by atoms with Gasteiger partial charge >= 0.3 is 6.18 Å². The van der Waals surface area contributed by atoms with Crippen LogP contribution in [0.4, 0.5) is 13.2 Å². The van der Waals surface area contributed by atoms with E-state index in [9.17, 15) is 22.8 Å². The molecule has 9 heteroatoms. The lowest BCUT2D eigenvalue weighted by atomic mass is 10.1. The fourth-order valence-electron chi connectivity index (χ4n) is 3.80. The maximum Gasteiger partial charge on any atom is 0.416 e. The number of hydrogen-bond acceptors (Lipinski definition) is 4. The van der Waals surface area contributed by atoms with Crippen LogP contribution in [0.2, 0.25) is 0 Å². The lowest BCUT2D eigenvalue weighted by Crippen LogP contribution is -2.43. The van der Waals surface area contributed by atoms with E-state index < -0.39 is 17.6 Å². The number of thiophene rings is 1. The number of halogens is 3. The van der Waals surface area contributed by atoms with Crippen molar-refractivity contribution in [2.75, 3.05) is 26.3 Å². The Morgan fingerprint density at radius 3 is 2.22 bits per heavy atom. The van der Waals surface area contributed by atoms with Gasteiger partial charge in [0.25, 0.3) is 5.91 Å². The number of aryl methyl sites for hydroxylation is 1. The summed E-state index contributed by atoms with van der Waals surface area (Å²) in [5, 5.41) is 0. The lowest BCUT2D eigenvalue weighted by molar-refractivity contribution is -0.137. The summed E-state index contributed by atoms with van der Waals surface area (Å²) in [6.07, 6.45) is -4.00. The van der Waals surface area contributed by atoms with Crippen molar-refractivity contribution in [2.24, 2.45) is 0 Å². The first-order valence-corrected chi connectivity index (χ1v) is 12.9. The van der Waals surface area contributed by atoms with E-state index in [-0.39, 0.29) is 24.6 Å². The zero-order valence-corrected chi connectivity index (χ0v) is 21.8. The molecule has 0 bridgehead atoms. The Morgan fingerprint density at radius 2 is 1.62 bits per heavy atom. The Kier molecular flexibility index (Phi) is 10.3. The lowest BCUT2D eigenvalue weighted by Gasteiger charge is -2.28. The van der Waals surface area contributed by atoms with Crippen LogP contribution in [0.25, 0.3) is 0 Å². The zero-order chi connectivity index (χ0) is 26.8. The number of amides is 2. The van der Waals surface area contributed by atoms with Crippen LogP contribution in [0.15, 0.2) is 66.7 Å². The summed E-state index contributed by atoms with van der Waals surface area (Å²) in [6.45, 7) is 5.61. The molecule has 3 rings (SSSR count). The van der Waals surface area contributed by atoms with Gasteiger partial charge in [0.05, 0.1) is 12.1 Å². The molecule has 37 heavy (non-hydrogen) atoms. The fourth-order valence-corrected chi connectivity index (χ4v) is 4.70. The molecule has 2 aromatic carbocycles. The molecule has 0 saturated carbocycles. The van der Waals surface area contributed by atoms with Crippen LogP contribution < -0.4 is 0 Å². The summed E-state index contributed by atoms with van der Waals surface area (Å²) in [4.78, 5) is 32.1. The number of carbonyl (C=O) groups excluding carboxylic acids is 2. The molecule has 2 amide bonds. The molecule has 0 radical (unpaired) electrons. The summed E-state index contributed by atoms with van der Waals surface area (Å²) in [5.74, 6) is -0.739. The van der Waals surface area contributed by atoms with Crippen LogP contribution >= 0.6 is 11.3 Å². The summed E-state index contributed by atoms with van der Waals surface area (Å²) < 4.78 is 44.3. The van der Waals surface area contributed by atoms with Crippen molar-refractivity contribution >= 4 is 23.2 Å². The number of alkyl halides is 3. The second-order valence-corrected chi connectivity index (χ2v) is 9.97. The number of hydrogen-bond donors (Lipinski definition) is 0. The first-order valence-electron chi connectivity index (χ1n) is 12.1. The first-order chi connectivity index (χ1) is 17.7. The number of benzene rings is 2. The van der Waals surface area contributed by atoms with Crippen LogP contribution in [0, 0.1) is 6.92 Å². The standard InChI is InChI=1S/C28H31F3N2O3S/c1-3-36-17-7-16-32(27(35)23-11-13-24(14-12-23)28(29,30)31)20-26(34)33(18-22-8-5-4-6-9-22)19-25-15-10-21(2)37-25/h4-6,8-15H,3,7,16-20H2,1-2H3. The van der Waals surface area contributed by atoms with Crippen LogP contribution in [0.1, 0.15) is 44.6 Å². The summed E-state index contributed by atoms with van der Waals surface area (Å²) in [7, 11) is 0. The quantitative estimate of drug-likeness (QED) is 0.262. The predicted molar refractivity (Wildman–Crippen MR) is 138 cm³/mol. The topological polar surface area (TPSA) is 49.9 Å². The molecule has 0 fully saturated rings. The van der Waals surface area contributed by atoms with E-state index in [1.165, 1.54) is 4.90 Å².